The van der Waals surface area contributed by atoms with E-state index in [0.717, 1.165) is 11.8 Å². The molecule has 2 aliphatic carbocycles. The topological polar surface area (TPSA) is 0 Å². The molecule has 0 N–H and O–H groups in total. The Kier molecular flexibility index (Phi) is 2.73. The van der Waals surface area contributed by atoms with Gasteiger partial charge in [-0.1, -0.05) is 50.2 Å². The molecule has 2 aromatic rings. The Bertz CT molecular complexity index is 666. The van der Waals surface area contributed by atoms with Crippen LogP contribution < -0.4 is 0 Å². The lowest BCUT2D eigenvalue weighted by Crippen LogP contribution is -1.93. The zero-order valence-corrected chi connectivity index (χ0v) is 12.4. The lowest BCUT2D eigenvalue weighted by molar-refractivity contribution is 0.628. The zero-order chi connectivity index (χ0) is 13.7. The largest absolute Gasteiger partial charge is 0.0619 e. The molecule has 102 valence electrons. The standard InChI is InChI=1S/C20H22/c1-13-10-16-4-3-5-18(20(16)11-13)17-9-8-15-7-6-14(2)19(15)12-17/h3-5,8-9,12-14H,6-7,10-11H2,1-2H3. The van der Waals surface area contributed by atoms with E-state index in [2.05, 4.69) is 50.2 Å². The second-order valence-electron chi connectivity index (χ2n) is 6.81. The molecule has 0 amide bonds. The predicted octanol–water partition coefficient (Wildman–Crippen LogP) is 5.14. The molecule has 0 heterocycles. The first-order valence-electron chi connectivity index (χ1n) is 7.96. The summed E-state index contributed by atoms with van der Waals surface area (Å²) in [6, 6.07) is 14.0. The van der Waals surface area contributed by atoms with Crippen LogP contribution in [0.1, 0.15) is 48.4 Å². The van der Waals surface area contributed by atoms with Gasteiger partial charge < -0.3 is 0 Å². The maximum Gasteiger partial charge on any atom is -0.0149 e. The molecule has 0 saturated heterocycles. The molecule has 2 aliphatic rings. The third-order valence-electron chi connectivity index (χ3n) is 5.23. The Morgan fingerprint density at radius 3 is 2.75 bits per heavy atom. The van der Waals surface area contributed by atoms with E-state index in [1.807, 2.05) is 0 Å². The van der Waals surface area contributed by atoms with Crippen molar-refractivity contribution in [3.63, 3.8) is 0 Å². The van der Waals surface area contributed by atoms with Gasteiger partial charge in [-0.3, -0.25) is 0 Å². The monoisotopic (exact) mass is 262 g/mol. The molecule has 20 heavy (non-hydrogen) atoms. The van der Waals surface area contributed by atoms with Crippen molar-refractivity contribution in [2.24, 2.45) is 5.92 Å². The third-order valence-corrected chi connectivity index (χ3v) is 5.23. The van der Waals surface area contributed by atoms with Gasteiger partial charge in [-0.25, -0.2) is 0 Å². The van der Waals surface area contributed by atoms with E-state index < -0.39 is 0 Å². The van der Waals surface area contributed by atoms with Crippen molar-refractivity contribution in [1.29, 1.82) is 0 Å². The summed E-state index contributed by atoms with van der Waals surface area (Å²) in [5, 5.41) is 0. The van der Waals surface area contributed by atoms with Gasteiger partial charge in [0.05, 0.1) is 0 Å². The third kappa shape index (κ3) is 1.82. The van der Waals surface area contributed by atoms with Gasteiger partial charge in [-0.05, 0) is 70.9 Å². The van der Waals surface area contributed by atoms with Gasteiger partial charge in [0.15, 0.2) is 0 Å². The minimum atomic E-state index is 0.737. The fraction of sp³-hybridized carbons (Fsp3) is 0.400. The highest BCUT2D eigenvalue weighted by molar-refractivity contribution is 5.71. The van der Waals surface area contributed by atoms with E-state index in [9.17, 15) is 0 Å². The molecule has 0 aliphatic heterocycles. The highest BCUT2D eigenvalue weighted by Crippen LogP contribution is 2.39. The number of fused-ring (bicyclic) bond motifs is 2. The Morgan fingerprint density at radius 1 is 0.950 bits per heavy atom. The smallest absolute Gasteiger partial charge is 0.0149 e. The minimum Gasteiger partial charge on any atom is -0.0619 e. The first-order chi connectivity index (χ1) is 9.72. The minimum absolute atomic E-state index is 0.737. The maximum atomic E-state index is 2.46. The molecule has 2 unspecified atom stereocenters. The van der Waals surface area contributed by atoms with Crippen molar-refractivity contribution >= 4 is 0 Å². The van der Waals surface area contributed by atoms with Crippen LogP contribution in [-0.4, -0.2) is 0 Å². The van der Waals surface area contributed by atoms with Gasteiger partial charge in [0.2, 0.25) is 0 Å². The molecular weight excluding hydrogens is 240 g/mol. The average Bonchev–Trinajstić information content (AvgIpc) is 3.00. The molecule has 2 atom stereocenters. The van der Waals surface area contributed by atoms with Crippen molar-refractivity contribution in [3.8, 4) is 11.1 Å². The Labute approximate surface area is 121 Å². The molecule has 0 radical (unpaired) electrons. The quantitative estimate of drug-likeness (QED) is 0.667. The summed E-state index contributed by atoms with van der Waals surface area (Å²) in [7, 11) is 0. The Hall–Kier alpha value is -1.56. The lowest BCUT2D eigenvalue weighted by Gasteiger charge is -2.12. The number of benzene rings is 2. The van der Waals surface area contributed by atoms with Crippen LogP contribution >= 0.6 is 0 Å². The van der Waals surface area contributed by atoms with E-state index in [1.165, 1.54) is 36.8 Å². The van der Waals surface area contributed by atoms with E-state index in [4.69, 9.17) is 0 Å². The summed E-state index contributed by atoms with van der Waals surface area (Å²) in [5.41, 5.74) is 9.25. The van der Waals surface area contributed by atoms with Gasteiger partial charge >= 0.3 is 0 Å². The Balaban J connectivity index is 1.83. The Morgan fingerprint density at radius 2 is 1.85 bits per heavy atom. The second kappa shape index (κ2) is 4.48. The normalized spacial score (nSPS) is 23.7. The summed E-state index contributed by atoms with van der Waals surface area (Å²) in [6.07, 6.45) is 5.09. The van der Waals surface area contributed by atoms with Gasteiger partial charge in [0.1, 0.15) is 0 Å². The average molecular weight is 262 g/mol. The van der Waals surface area contributed by atoms with Gasteiger partial charge in [0.25, 0.3) is 0 Å². The second-order valence-corrected chi connectivity index (χ2v) is 6.81. The number of hydrogen-bond acceptors (Lipinski definition) is 0. The molecule has 0 saturated carbocycles. The van der Waals surface area contributed by atoms with Crippen LogP contribution in [0.15, 0.2) is 36.4 Å². The summed E-state index contributed by atoms with van der Waals surface area (Å²) < 4.78 is 0. The fourth-order valence-electron chi connectivity index (χ4n) is 4.11. The molecule has 2 aromatic carbocycles. The lowest BCUT2D eigenvalue weighted by atomic mass is 9.93. The molecular formula is C20H22. The molecule has 0 bridgehead atoms. The fourth-order valence-corrected chi connectivity index (χ4v) is 4.11. The molecule has 0 nitrogen and oxygen atoms in total. The summed E-state index contributed by atoms with van der Waals surface area (Å²) in [4.78, 5) is 0. The van der Waals surface area contributed by atoms with Gasteiger partial charge in [0, 0.05) is 0 Å². The van der Waals surface area contributed by atoms with Crippen LogP contribution in [0.2, 0.25) is 0 Å². The zero-order valence-electron chi connectivity index (χ0n) is 12.4. The van der Waals surface area contributed by atoms with Crippen LogP contribution in [0.25, 0.3) is 11.1 Å². The molecule has 4 rings (SSSR count). The van der Waals surface area contributed by atoms with E-state index in [-0.39, 0.29) is 0 Å². The predicted molar refractivity (Wildman–Crippen MR) is 85.2 cm³/mol. The highest BCUT2D eigenvalue weighted by atomic mass is 14.3. The van der Waals surface area contributed by atoms with Crippen LogP contribution in [0, 0.1) is 5.92 Å². The molecule has 0 fully saturated rings. The van der Waals surface area contributed by atoms with Crippen LogP contribution in [-0.2, 0) is 19.3 Å². The van der Waals surface area contributed by atoms with Gasteiger partial charge in [-0.2, -0.15) is 0 Å². The molecule has 0 spiro atoms. The molecule has 0 heteroatoms. The van der Waals surface area contributed by atoms with Crippen molar-refractivity contribution < 1.29 is 0 Å². The number of aryl methyl sites for hydroxylation is 1. The SMILES string of the molecule is CC1Cc2cccc(-c3ccc4c(c3)C(C)CC4)c2C1. The van der Waals surface area contributed by atoms with E-state index in [0.29, 0.717) is 0 Å². The van der Waals surface area contributed by atoms with Crippen LogP contribution in [0.3, 0.4) is 0 Å². The van der Waals surface area contributed by atoms with Gasteiger partial charge in [-0.15, -0.1) is 0 Å². The number of rotatable bonds is 1. The van der Waals surface area contributed by atoms with Crippen molar-refractivity contribution in [2.45, 2.75) is 45.4 Å². The van der Waals surface area contributed by atoms with Crippen molar-refractivity contribution in [2.75, 3.05) is 0 Å². The van der Waals surface area contributed by atoms with Crippen molar-refractivity contribution in [3.05, 3.63) is 58.7 Å². The number of hydrogen-bond donors (Lipinski definition) is 0. The first kappa shape index (κ1) is 12.2. The van der Waals surface area contributed by atoms with E-state index in [1.54, 1.807) is 22.3 Å². The summed E-state index contributed by atoms with van der Waals surface area (Å²) >= 11 is 0. The summed E-state index contributed by atoms with van der Waals surface area (Å²) in [6.45, 7) is 4.74. The first-order valence-corrected chi connectivity index (χ1v) is 7.96. The highest BCUT2D eigenvalue weighted by Gasteiger charge is 2.23. The van der Waals surface area contributed by atoms with E-state index >= 15 is 0 Å². The van der Waals surface area contributed by atoms with Crippen LogP contribution in [0.4, 0.5) is 0 Å². The van der Waals surface area contributed by atoms with Crippen LogP contribution in [0.5, 0.6) is 0 Å². The molecule has 0 aromatic heterocycles. The summed E-state index contributed by atoms with van der Waals surface area (Å²) in [5.74, 6) is 1.54. The maximum absolute atomic E-state index is 2.46. The van der Waals surface area contributed by atoms with Crippen molar-refractivity contribution in [1.82, 2.24) is 0 Å².